The standard InChI is InChI=1S/C15H21N3O/c1-4-11-10-13(18(3)17-11)15(16)12-8-6-7-9-14(12)19-5-2/h6-10,15H,4-5,16H2,1-3H3. The molecule has 4 heteroatoms. The molecule has 102 valence electrons. The van der Waals surface area contributed by atoms with Crippen LogP contribution in [0.4, 0.5) is 0 Å². The van der Waals surface area contributed by atoms with Crippen molar-refractivity contribution >= 4 is 0 Å². The summed E-state index contributed by atoms with van der Waals surface area (Å²) in [4.78, 5) is 0. The van der Waals surface area contributed by atoms with Gasteiger partial charge in [-0.2, -0.15) is 5.10 Å². The van der Waals surface area contributed by atoms with E-state index in [0.29, 0.717) is 6.61 Å². The summed E-state index contributed by atoms with van der Waals surface area (Å²) >= 11 is 0. The second-order valence-corrected chi connectivity index (χ2v) is 4.49. The number of para-hydroxylation sites is 1. The maximum Gasteiger partial charge on any atom is 0.124 e. The summed E-state index contributed by atoms with van der Waals surface area (Å²) in [6, 6.07) is 9.74. The Bertz CT molecular complexity index is 548. The van der Waals surface area contributed by atoms with Crippen LogP contribution < -0.4 is 10.5 Å². The molecule has 1 atom stereocenters. The molecule has 0 aliphatic heterocycles. The summed E-state index contributed by atoms with van der Waals surface area (Å²) in [5.41, 5.74) is 9.43. The lowest BCUT2D eigenvalue weighted by molar-refractivity contribution is 0.335. The quantitative estimate of drug-likeness (QED) is 0.897. The second kappa shape index (κ2) is 5.89. The minimum Gasteiger partial charge on any atom is -0.494 e. The molecule has 2 N–H and O–H groups in total. The first-order valence-corrected chi connectivity index (χ1v) is 6.67. The highest BCUT2D eigenvalue weighted by Gasteiger charge is 2.17. The Balaban J connectivity index is 2.37. The van der Waals surface area contributed by atoms with Crippen molar-refractivity contribution in [3.63, 3.8) is 0 Å². The third-order valence-corrected chi connectivity index (χ3v) is 3.20. The molecular formula is C15H21N3O. The van der Waals surface area contributed by atoms with E-state index in [4.69, 9.17) is 10.5 Å². The predicted molar refractivity (Wildman–Crippen MR) is 76.2 cm³/mol. The topological polar surface area (TPSA) is 53.1 Å². The zero-order chi connectivity index (χ0) is 13.8. The van der Waals surface area contributed by atoms with Crippen molar-refractivity contribution in [2.24, 2.45) is 12.8 Å². The van der Waals surface area contributed by atoms with Crippen molar-refractivity contribution in [3.8, 4) is 5.75 Å². The van der Waals surface area contributed by atoms with E-state index in [1.807, 2.05) is 42.9 Å². The van der Waals surface area contributed by atoms with Crippen LogP contribution in [0.2, 0.25) is 0 Å². The van der Waals surface area contributed by atoms with E-state index in [1.54, 1.807) is 0 Å². The van der Waals surface area contributed by atoms with Gasteiger partial charge in [0.1, 0.15) is 5.75 Å². The third kappa shape index (κ3) is 2.79. The molecule has 1 aromatic heterocycles. The first-order chi connectivity index (χ1) is 9.17. The van der Waals surface area contributed by atoms with Gasteiger partial charge in [-0.15, -0.1) is 0 Å². The highest BCUT2D eigenvalue weighted by Crippen LogP contribution is 2.28. The molecule has 0 saturated carbocycles. The zero-order valence-corrected chi connectivity index (χ0v) is 11.8. The third-order valence-electron chi connectivity index (χ3n) is 3.20. The highest BCUT2D eigenvalue weighted by atomic mass is 16.5. The molecule has 0 amide bonds. The van der Waals surface area contributed by atoms with Gasteiger partial charge in [-0.05, 0) is 25.5 Å². The van der Waals surface area contributed by atoms with Crippen molar-refractivity contribution < 1.29 is 4.74 Å². The molecular weight excluding hydrogens is 238 g/mol. The average Bonchev–Trinajstić information content (AvgIpc) is 2.80. The van der Waals surface area contributed by atoms with Crippen LogP contribution in [-0.4, -0.2) is 16.4 Å². The molecule has 1 heterocycles. The van der Waals surface area contributed by atoms with E-state index in [9.17, 15) is 0 Å². The van der Waals surface area contributed by atoms with E-state index in [-0.39, 0.29) is 6.04 Å². The van der Waals surface area contributed by atoms with Crippen molar-refractivity contribution in [2.75, 3.05) is 6.61 Å². The lowest BCUT2D eigenvalue weighted by Crippen LogP contribution is -2.17. The van der Waals surface area contributed by atoms with Gasteiger partial charge in [0.05, 0.1) is 24.0 Å². The fraction of sp³-hybridized carbons (Fsp3) is 0.400. The Labute approximate surface area is 114 Å². The number of nitrogens with two attached hydrogens (primary N) is 1. The largest absolute Gasteiger partial charge is 0.494 e. The molecule has 0 fully saturated rings. The minimum absolute atomic E-state index is 0.222. The molecule has 4 nitrogen and oxygen atoms in total. The Kier molecular flexibility index (Phi) is 4.22. The van der Waals surface area contributed by atoms with Gasteiger partial charge in [0.25, 0.3) is 0 Å². The van der Waals surface area contributed by atoms with Crippen LogP contribution in [0.1, 0.15) is 36.8 Å². The van der Waals surface area contributed by atoms with Gasteiger partial charge in [-0.25, -0.2) is 0 Å². The van der Waals surface area contributed by atoms with Gasteiger partial charge >= 0.3 is 0 Å². The maximum absolute atomic E-state index is 6.38. The van der Waals surface area contributed by atoms with Crippen LogP contribution in [0.25, 0.3) is 0 Å². The molecule has 19 heavy (non-hydrogen) atoms. The fourth-order valence-corrected chi connectivity index (χ4v) is 2.19. The lowest BCUT2D eigenvalue weighted by atomic mass is 10.0. The summed E-state index contributed by atoms with van der Waals surface area (Å²) in [6.45, 7) is 4.70. The molecule has 0 bridgehead atoms. The minimum atomic E-state index is -0.222. The lowest BCUT2D eigenvalue weighted by Gasteiger charge is -2.16. The Morgan fingerprint density at radius 3 is 2.68 bits per heavy atom. The summed E-state index contributed by atoms with van der Waals surface area (Å²) in [5.74, 6) is 0.844. The molecule has 2 aromatic rings. The fourth-order valence-electron chi connectivity index (χ4n) is 2.19. The molecule has 2 rings (SSSR count). The van der Waals surface area contributed by atoms with E-state index in [1.165, 1.54) is 0 Å². The normalized spacial score (nSPS) is 12.4. The monoisotopic (exact) mass is 259 g/mol. The first kappa shape index (κ1) is 13.6. The number of aryl methyl sites for hydroxylation is 2. The van der Waals surface area contributed by atoms with Crippen LogP contribution in [0.5, 0.6) is 5.75 Å². The van der Waals surface area contributed by atoms with Gasteiger partial charge in [-0.3, -0.25) is 4.68 Å². The summed E-state index contributed by atoms with van der Waals surface area (Å²) < 4.78 is 7.50. The van der Waals surface area contributed by atoms with E-state index < -0.39 is 0 Å². The van der Waals surface area contributed by atoms with Crippen molar-refractivity contribution in [1.82, 2.24) is 9.78 Å². The smallest absolute Gasteiger partial charge is 0.124 e. The number of hydrogen-bond donors (Lipinski definition) is 1. The van der Waals surface area contributed by atoms with Crippen LogP contribution in [0.15, 0.2) is 30.3 Å². The summed E-state index contributed by atoms with van der Waals surface area (Å²) in [6.07, 6.45) is 0.910. The van der Waals surface area contributed by atoms with Gasteiger partial charge in [-0.1, -0.05) is 25.1 Å². The number of aromatic nitrogens is 2. The Morgan fingerprint density at radius 2 is 2.05 bits per heavy atom. The van der Waals surface area contributed by atoms with Crippen LogP contribution >= 0.6 is 0 Å². The van der Waals surface area contributed by atoms with Crippen molar-refractivity contribution in [1.29, 1.82) is 0 Å². The molecule has 0 aliphatic rings. The number of benzene rings is 1. The summed E-state index contributed by atoms with van der Waals surface area (Å²) in [7, 11) is 1.93. The van der Waals surface area contributed by atoms with Crippen LogP contribution in [0.3, 0.4) is 0 Å². The van der Waals surface area contributed by atoms with Crippen molar-refractivity contribution in [3.05, 3.63) is 47.3 Å². The van der Waals surface area contributed by atoms with E-state index in [0.717, 1.165) is 29.1 Å². The number of rotatable bonds is 5. The molecule has 1 unspecified atom stereocenters. The molecule has 1 aromatic carbocycles. The van der Waals surface area contributed by atoms with Crippen LogP contribution in [-0.2, 0) is 13.5 Å². The molecule has 0 saturated heterocycles. The second-order valence-electron chi connectivity index (χ2n) is 4.49. The van der Waals surface area contributed by atoms with Crippen molar-refractivity contribution in [2.45, 2.75) is 26.3 Å². The average molecular weight is 259 g/mol. The zero-order valence-electron chi connectivity index (χ0n) is 11.8. The Hall–Kier alpha value is -1.81. The maximum atomic E-state index is 6.38. The van der Waals surface area contributed by atoms with Gasteiger partial charge in [0.2, 0.25) is 0 Å². The SMILES string of the molecule is CCOc1ccccc1C(N)c1cc(CC)nn1C. The molecule has 0 radical (unpaired) electrons. The van der Waals surface area contributed by atoms with Gasteiger partial charge in [0.15, 0.2) is 0 Å². The molecule has 0 spiro atoms. The number of ether oxygens (including phenoxy) is 1. The van der Waals surface area contributed by atoms with Crippen LogP contribution in [0, 0.1) is 0 Å². The number of nitrogens with zero attached hydrogens (tertiary/aromatic N) is 2. The highest BCUT2D eigenvalue weighted by molar-refractivity contribution is 5.40. The summed E-state index contributed by atoms with van der Waals surface area (Å²) in [5, 5.41) is 4.45. The Morgan fingerprint density at radius 1 is 1.32 bits per heavy atom. The molecule has 0 aliphatic carbocycles. The van der Waals surface area contributed by atoms with Gasteiger partial charge in [0, 0.05) is 12.6 Å². The number of hydrogen-bond acceptors (Lipinski definition) is 3. The first-order valence-electron chi connectivity index (χ1n) is 6.67. The van der Waals surface area contributed by atoms with E-state index in [2.05, 4.69) is 18.1 Å². The predicted octanol–water partition coefficient (Wildman–Crippen LogP) is 2.43. The van der Waals surface area contributed by atoms with Gasteiger partial charge < -0.3 is 10.5 Å². The van der Waals surface area contributed by atoms with E-state index >= 15 is 0 Å².